The quantitative estimate of drug-likeness (QED) is 0.759. The topological polar surface area (TPSA) is 15.7 Å². The summed E-state index contributed by atoms with van der Waals surface area (Å²) in [5.74, 6) is 0.827. The minimum absolute atomic E-state index is 0.827. The smallest absolute Gasteiger partial charge is 0.0528 e. The summed E-state index contributed by atoms with van der Waals surface area (Å²) in [5, 5.41) is 0. The summed E-state index contributed by atoms with van der Waals surface area (Å²) in [5.41, 5.74) is 0. The Hall–Kier alpha value is -0.120. The van der Waals surface area contributed by atoms with Gasteiger partial charge in [-0.3, -0.25) is 0 Å². The van der Waals surface area contributed by atoms with Gasteiger partial charge >= 0.3 is 0 Å². The van der Waals surface area contributed by atoms with Crippen LogP contribution in [0.1, 0.15) is 41.5 Å². The van der Waals surface area contributed by atoms with Gasteiger partial charge in [0.05, 0.1) is 13.2 Å². The van der Waals surface area contributed by atoms with E-state index in [2.05, 4.69) is 16.8 Å². The molecule has 0 amide bonds. The molecular formula is C15H36N2O. The van der Waals surface area contributed by atoms with Crippen molar-refractivity contribution in [2.24, 2.45) is 5.92 Å². The Kier molecular flexibility index (Phi) is 16.8. The van der Waals surface area contributed by atoms with Crippen molar-refractivity contribution in [2.75, 3.05) is 53.0 Å². The first-order chi connectivity index (χ1) is 8.84. The SMILES string of the molecule is CC.CC.CC.CN1CCN(CC2COC2)CC1. The summed E-state index contributed by atoms with van der Waals surface area (Å²) in [7, 11) is 2.20. The zero-order chi connectivity index (χ0) is 14.4. The van der Waals surface area contributed by atoms with Crippen LogP contribution in [0.3, 0.4) is 0 Å². The predicted octanol–water partition coefficient (Wildman–Crippen LogP) is 2.96. The summed E-state index contributed by atoms with van der Waals surface area (Å²) >= 11 is 0. The van der Waals surface area contributed by atoms with Gasteiger partial charge in [-0.1, -0.05) is 41.5 Å². The van der Waals surface area contributed by atoms with Crippen LogP contribution in [0.15, 0.2) is 0 Å². The van der Waals surface area contributed by atoms with E-state index in [-0.39, 0.29) is 0 Å². The Labute approximate surface area is 115 Å². The molecule has 0 bridgehead atoms. The maximum atomic E-state index is 5.16. The third kappa shape index (κ3) is 8.90. The molecule has 0 unspecified atom stereocenters. The zero-order valence-corrected chi connectivity index (χ0v) is 13.8. The van der Waals surface area contributed by atoms with Crippen LogP contribution < -0.4 is 0 Å². The van der Waals surface area contributed by atoms with Gasteiger partial charge in [-0.25, -0.2) is 0 Å². The van der Waals surface area contributed by atoms with Crippen molar-refractivity contribution in [2.45, 2.75) is 41.5 Å². The van der Waals surface area contributed by atoms with E-state index in [1.807, 2.05) is 41.5 Å². The van der Waals surface area contributed by atoms with Gasteiger partial charge in [0, 0.05) is 38.6 Å². The van der Waals surface area contributed by atoms with E-state index < -0.39 is 0 Å². The van der Waals surface area contributed by atoms with Crippen molar-refractivity contribution < 1.29 is 4.74 Å². The molecule has 2 heterocycles. The minimum Gasteiger partial charge on any atom is -0.381 e. The second-order valence-corrected chi connectivity index (χ2v) is 4.01. The Balaban J connectivity index is 0. The molecule has 0 aromatic rings. The van der Waals surface area contributed by atoms with E-state index in [1.54, 1.807) is 0 Å². The van der Waals surface area contributed by atoms with Crippen molar-refractivity contribution in [3.05, 3.63) is 0 Å². The lowest BCUT2D eigenvalue weighted by Gasteiger charge is -2.37. The van der Waals surface area contributed by atoms with E-state index in [0.29, 0.717) is 0 Å². The van der Waals surface area contributed by atoms with Gasteiger partial charge in [-0.2, -0.15) is 0 Å². The molecule has 2 saturated heterocycles. The van der Waals surface area contributed by atoms with E-state index in [1.165, 1.54) is 32.7 Å². The molecule has 2 aliphatic rings. The first kappa shape index (κ1) is 20.2. The van der Waals surface area contributed by atoms with Gasteiger partial charge in [-0.15, -0.1) is 0 Å². The molecule has 0 atom stereocenters. The number of hydrogen-bond donors (Lipinski definition) is 0. The fourth-order valence-corrected chi connectivity index (χ4v) is 1.79. The number of likely N-dealkylation sites (N-methyl/N-ethyl adjacent to an activating group) is 1. The third-order valence-electron chi connectivity index (χ3n) is 2.82. The van der Waals surface area contributed by atoms with Crippen molar-refractivity contribution in [1.82, 2.24) is 9.80 Å². The largest absolute Gasteiger partial charge is 0.381 e. The summed E-state index contributed by atoms with van der Waals surface area (Å²) < 4.78 is 5.16. The van der Waals surface area contributed by atoms with Gasteiger partial charge in [0.1, 0.15) is 0 Å². The van der Waals surface area contributed by atoms with E-state index in [9.17, 15) is 0 Å². The van der Waals surface area contributed by atoms with E-state index in [4.69, 9.17) is 4.74 Å². The molecule has 0 aliphatic carbocycles. The highest BCUT2D eigenvalue weighted by atomic mass is 16.5. The highest BCUT2D eigenvalue weighted by molar-refractivity contribution is 4.75. The van der Waals surface area contributed by atoms with Crippen LogP contribution in [0.25, 0.3) is 0 Å². The van der Waals surface area contributed by atoms with Crippen molar-refractivity contribution in [1.29, 1.82) is 0 Å². The van der Waals surface area contributed by atoms with Crippen LogP contribution >= 0.6 is 0 Å². The summed E-state index contributed by atoms with van der Waals surface area (Å²) in [6, 6.07) is 0. The summed E-state index contributed by atoms with van der Waals surface area (Å²) in [6.07, 6.45) is 0. The number of ether oxygens (including phenoxy) is 1. The fraction of sp³-hybridized carbons (Fsp3) is 1.00. The molecule has 0 spiro atoms. The van der Waals surface area contributed by atoms with Gasteiger partial charge in [0.25, 0.3) is 0 Å². The maximum absolute atomic E-state index is 5.16. The Morgan fingerprint density at radius 3 is 1.61 bits per heavy atom. The van der Waals surface area contributed by atoms with Crippen LogP contribution in [0.5, 0.6) is 0 Å². The molecule has 0 saturated carbocycles. The first-order valence-electron chi connectivity index (χ1n) is 7.83. The maximum Gasteiger partial charge on any atom is 0.0528 e. The van der Waals surface area contributed by atoms with Crippen LogP contribution in [-0.2, 0) is 4.74 Å². The number of nitrogens with zero attached hydrogens (tertiary/aromatic N) is 2. The van der Waals surface area contributed by atoms with E-state index in [0.717, 1.165) is 19.1 Å². The minimum atomic E-state index is 0.827. The van der Waals surface area contributed by atoms with Crippen LogP contribution in [0.4, 0.5) is 0 Å². The number of piperazine rings is 1. The van der Waals surface area contributed by atoms with Crippen LogP contribution in [0.2, 0.25) is 0 Å². The molecule has 0 aromatic heterocycles. The molecule has 3 nitrogen and oxygen atoms in total. The molecular weight excluding hydrogens is 224 g/mol. The lowest BCUT2D eigenvalue weighted by atomic mass is 10.1. The predicted molar refractivity (Wildman–Crippen MR) is 82.3 cm³/mol. The molecule has 0 N–H and O–H groups in total. The normalized spacial score (nSPS) is 20.2. The summed E-state index contributed by atoms with van der Waals surface area (Å²) in [4.78, 5) is 4.96. The van der Waals surface area contributed by atoms with Gasteiger partial charge in [0.2, 0.25) is 0 Å². The molecule has 2 aliphatic heterocycles. The molecule has 0 radical (unpaired) electrons. The molecule has 0 aromatic carbocycles. The molecule has 3 heteroatoms. The van der Waals surface area contributed by atoms with Crippen LogP contribution in [-0.4, -0.2) is 62.8 Å². The summed E-state index contributed by atoms with van der Waals surface area (Å²) in [6.45, 7) is 20.2. The highest BCUT2D eigenvalue weighted by Crippen LogP contribution is 2.12. The molecule has 2 rings (SSSR count). The number of hydrogen-bond acceptors (Lipinski definition) is 3. The highest BCUT2D eigenvalue weighted by Gasteiger charge is 2.23. The Morgan fingerprint density at radius 2 is 1.28 bits per heavy atom. The van der Waals surface area contributed by atoms with Crippen LogP contribution in [0, 0.1) is 5.92 Å². The zero-order valence-electron chi connectivity index (χ0n) is 13.8. The van der Waals surface area contributed by atoms with Gasteiger partial charge < -0.3 is 14.5 Å². The molecule has 2 fully saturated rings. The standard InChI is InChI=1S/C9H18N2O.3C2H6/c1-10-2-4-11(5-3-10)6-9-7-12-8-9;3*1-2/h9H,2-8H2,1H3;3*1-2H3. The molecule has 18 heavy (non-hydrogen) atoms. The van der Waals surface area contributed by atoms with E-state index >= 15 is 0 Å². The molecule has 112 valence electrons. The van der Waals surface area contributed by atoms with Crippen molar-refractivity contribution in [3.63, 3.8) is 0 Å². The Bertz CT molecular complexity index is 141. The second-order valence-electron chi connectivity index (χ2n) is 4.01. The first-order valence-corrected chi connectivity index (χ1v) is 7.83. The fourth-order valence-electron chi connectivity index (χ4n) is 1.79. The average Bonchev–Trinajstić information content (AvgIpc) is 2.43. The second kappa shape index (κ2) is 14.9. The third-order valence-corrected chi connectivity index (χ3v) is 2.82. The average molecular weight is 260 g/mol. The Morgan fingerprint density at radius 1 is 0.833 bits per heavy atom. The van der Waals surface area contributed by atoms with Crippen molar-refractivity contribution in [3.8, 4) is 0 Å². The lowest BCUT2D eigenvalue weighted by molar-refractivity contribution is -0.0503. The monoisotopic (exact) mass is 260 g/mol. The number of rotatable bonds is 2. The van der Waals surface area contributed by atoms with Crippen molar-refractivity contribution >= 4 is 0 Å². The van der Waals surface area contributed by atoms with Gasteiger partial charge in [-0.05, 0) is 7.05 Å². The lowest BCUT2D eigenvalue weighted by Crippen LogP contribution is -2.48. The van der Waals surface area contributed by atoms with Gasteiger partial charge in [0.15, 0.2) is 0 Å².